The van der Waals surface area contributed by atoms with Gasteiger partial charge in [0.25, 0.3) is 0 Å². The van der Waals surface area contributed by atoms with Crippen molar-refractivity contribution in [2.24, 2.45) is 5.41 Å². The minimum absolute atomic E-state index is 0.469. The Hall–Kier alpha value is -0.500. The molecular weight excluding hydrogens is 310 g/mol. The molecular formula is C18H28BrN. The first kappa shape index (κ1) is 15.9. The van der Waals surface area contributed by atoms with Crippen molar-refractivity contribution in [1.29, 1.82) is 0 Å². The molecule has 20 heavy (non-hydrogen) atoms. The third kappa shape index (κ3) is 4.00. The molecule has 1 saturated carbocycles. The van der Waals surface area contributed by atoms with Crippen LogP contribution in [0.1, 0.15) is 51.0 Å². The van der Waals surface area contributed by atoms with E-state index >= 15 is 0 Å². The van der Waals surface area contributed by atoms with Crippen molar-refractivity contribution >= 4 is 21.6 Å². The van der Waals surface area contributed by atoms with Gasteiger partial charge in [0, 0.05) is 24.1 Å². The Morgan fingerprint density at radius 1 is 1.15 bits per heavy atom. The molecule has 0 unspecified atom stereocenters. The van der Waals surface area contributed by atoms with Gasteiger partial charge >= 0.3 is 0 Å². The Balaban J connectivity index is 2.14. The number of halogens is 1. The Bertz CT molecular complexity index is 408. The van der Waals surface area contributed by atoms with Crippen LogP contribution in [-0.4, -0.2) is 18.4 Å². The molecule has 1 aromatic carbocycles. The van der Waals surface area contributed by atoms with Crippen LogP contribution in [0, 0.1) is 12.3 Å². The first-order chi connectivity index (χ1) is 9.69. The van der Waals surface area contributed by atoms with Gasteiger partial charge in [0.15, 0.2) is 0 Å². The van der Waals surface area contributed by atoms with Crippen LogP contribution < -0.4 is 4.90 Å². The molecule has 0 atom stereocenters. The SMILES string of the molecule is CCN(CC1(CBr)CCCCCC1)c1cccc(C)c1. The second-order valence-corrected chi connectivity index (χ2v) is 6.96. The van der Waals surface area contributed by atoms with Gasteiger partial charge in [-0.2, -0.15) is 0 Å². The summed E-state index contributed by atoms with van der Waals surface area (Å²) >= 11 is 3.82. The number of aryl methyl sites for hydroxylation is 1. The smallest absolute Gasteiger partial charge is 0.0368 e. The molecule has 1 nitrogen and oxygen atoms in total. The van der Waals surface area contributed by atoms with E-state index in [-0.39, 0.29) is 0 Å². The summed E-state index contributed by atoms with van der Waals surface area (Å²) in [5.74, 6) is 0. The zero-order valence-electron chi connectivity index (χ0n) is 13.0. The highest BCUT2D eigenvalue weighted by atomic mass is 79.9. The first-order valence-corrected chi connectivity index (χ1v) is 9.19. The molecule has 112 valence electrons. The lowest BCUT2D eigenvalue weighted by Crippen LogP contribution is -2.39. The van der Waals surface area contributed by atoms with E-state index < -0.39 is 0 Å². The molecule has 0 bridgehead atoms. The Labute approximate surface area is 132 Å². The van der Waals surface area contributed by atoms with Gasteiger partial charge in [0.2, 0.25) is 0 Å². The summed E-state index contributed by atoms with van der Waals surface area (Å²) in [5, 5.41) is 1.14. The van der Waals surface area contributed by atoms with Gasteiger partial charge in [0.05, 0.1) is 0 Å². The van der Waals surface area contributed by atoms with Gasteiger partial charge in [-0.05, 0) is 49.8 Å². The van der Waals surface area contributed by atoms with E-state index in [0.717, 1.165) is 11.9 Å². The second-order valence-electron chi connectivity index (χ2n) is 6.40. The number of alkyl halides is 1. The van der Waals surface area contributed by atoms with E-state index in [2.05, 4.69) is 58.9 Å². The average molecular weight is 338 g/mol. The molecule has 1 aliphatic rings. The molecule has 0 N–H and O–H groups in total. The highest BCUT2D eigenvalue weighted by molar-refractivity contribution is 9.09. The van der Waals surface area contributed by atoms with Gasteiger partial charge in [-0.1, -0.05) is 53.7 Å². The summed E-state index contributed by atoms with van der Waals surface area (Å²) in [6, 6.07) is 8.95. The molecule has 0 heterocycles. The quantitative estimate of drug-likeness (QED) is 0.502. The van der Waals surface area contributed by atoms with Gasteiger partial charge in [-0.25, -0.2) is 0 Å². The number of benzene rings is 1. The molecule has 0 aromatic heterocycles. The summed E-state index contributed by atoms with van der Waals surface area (Å²) in [4.78, 5) is 2.57. The van der Waals surface area contributed by atoms with Crippen molar-refractivity contribution in [3.63, 3.8) is 0 Å². The summed E-state index contributed by atoms with van der Waals surface area (Å²) in [6.45, 7) is 6.75. The standard InChI is InChI=1S/C18H28BrN/c1-3-20(17-10-8-9-16(2)13-17)15-18(14-19)11-6-4-5-7-12-18/h8-10,13H,3-7,11-12,14-15H2,1-2H3. The van der Waals surface area contributed by atoms with Gasteiger partial charge < -0.3 is 4.90 Å². The Morgan fingerprint density at radius 3 is 2.40 bits per heavy atom. The molecule has 0 saturated heterocycles. The zero-order valence-corrected chi connectivity index (χ0v) is 14.6. The maximum absolute atomic E-state index is 3.82. The fourth-order valence-electron chi connectivity index (χ4n) is 3.43. The molecule has 2 heteroatoms. The van der Waals surface area contributed by atoms with Crippen LogP contribution in [0.5, 0.6) is 0 Å². The predicted octanol–water partition coefficient (Wildman–Crippen LogP) is 5.56. The number of nitrogens with zero attached hydrogens (tertiary/aromatic N) is 1. The van der Waals surface area contributed by atoms with Crippen LogP contribution >= 0.6 is 15.9 Å². The lowest BCUT2D eigenvalue weighted by atomic mass is 9.82. The number of anilines is 1. The number of hydrogen-bond acceptors (Lipinski definition) is 1. The molecule has 2 rings (SSSR count). The van der Waals surface area contributed by atoms with Crippen molar-refractivity contribution in [1.82, 2.24) is 0 Å². The van der Waals surface area contributed by atoms with E-state index in [9.17, 15) is 0 Å². The first-order valence-electron chi connectivity index (χ1n) is 8.07. The fourth-order valence-corrected chi connectivity index (χ4v) is 4.17. The van der Waals surface area contributed by atoms with Crippen LogP contribution in [0.3, 0.4) is 0 Å². The summed E-state index contributed by atoms with van der Waals surface area (Å²) in [6.07, 6.45) is 8.39. The zero-order chi connectivity index (χ0) is 14.4. The van der Waals surface area contributed by atoms with E-state index in [0.29, 0.717) is 5.41 Å². The van der Waals surface area contributed by atoms with Crippen molar-refractivity contribution in [3.05, 3.63) is 29.8 Å². The lowest BCUT2D eigenvalue weighted by molar-refractivity contribution is 0.292. The molecule has 0 radical (unpaired) electrons. The van der Waals surface area contributed by atoms with Crippen LogP contribution in [0.15, 0.2) is 24.3 Å². The lowest BCUT2D eigenvalue weighted by Gasteiger charge is -2.37. The molecule has 1 aromatic rings. The third-order valence-corrected chi connectivity index (χ3v) is 5.91. The minimum Gasteiger partial charge on any atom is -0.371 e. The molecule has 0 amide bonds. The van der Waals surface area contributed by atoms with Crippen LogP contribution in [0.25, 0.3) is 0 Å². The van der Waals surface area contributed by atoms with Crippen molar-refractivity contribution in [2.75, 3.05) is 23.3 Å². The summed E-state index contributed by atoms with van der Waals surface area (Å²) in [5.41, 5.74) is 3.21. The maximum Gasteiger partial charge on any atom is 0.0368 e. The van der Waals surface area contributed by atoms with E-state index in [1.54, 1.807) is 0 Å². The van der Waals surface area contributed by atoms with E-state index in [4.69, 9.17) is 0 Å². The monoisotopic (exact) mass is 337 g/mol. The third-order valence-electron chi connectivity index (χ3n) is 4.72. The molecule has 1 aliphatic carbocycles. The van der Waals surface area contributed by atoms with Crippen molar-refractivity contribution in [2.45, 2.75) is 52.4 Å². The Morgan fingerprint density at radius 2 is 1.85 bits per heavy atom. The fraction of sp³-hybridized carbons (Fsp3) is 0.667. The summed E-state index contributed by atoms with van der Waals surface area (Å²) in [7, 11) is 0. The molecule has 0 spiro atoms. The average Bonchev–Trinajstić information content (AvgIpc) is 2.71. The highest BCUT2D eigenvalue weighted by Gasteiger charge is 2.31. The van der Waals surface area contributed by atoms with Gasteiger partial charge in [-0.15, -0.1) is 0 Å². The predicted molar refractivity (Wildman–Crippen MR) is 93.0 cm³/mol. The second kappa shape index (κ2) is 7.49. The van der Waals surface area contributed by atoms with Gasteiger partial charge in [-0.3, -0.25) is 0 Å². The van der Waals surface area contributed by atoms with Crippen molar-refractivity contribution < 1.29 is 0 Å². The van der Waals surface area contributed by atoms with Crippen LogP contribution in [0.4, 0.5) is 5.69 Å². The topological polar surface area (TPSA) is 3.24 Å². The highest BCUT2D eigenvalue weighted by Crippen LogP contribution is 2.38. The minimum atomic E-state index is 0.469. The largest absolute Gasteiger partial charge is 0.371 e. The summed E-state index contributed by atoms with van der Waals surface area (Å²) < 4.78 is 0. The van der Waals surface area contributed by atoms with E-state index in [1.807, 2.05) is 0 Å². The number of rotatable bonds is 5. The van der Waals surface area contributed by atoms with Crippen molar-refractivity contribution in [3.8, 4) is 0 Å². The molecule has 0 aliphatic heterocycles. The normalized spacial score (nSPS) is 18.6. The van der Waals surface area contributed by atoms with Gasteiger partial charge in [0.1, 0.15) is 0 Å². The van der Waals surface area contributed by atoms with E-state index in [1.165, 1.54) is 56.3 Å². The molecule has 1 fully saturated rings. The van der Waals surface area contributed by atoms with Crippen LogP contribution in [0.2, 0.25) is 0 Å². The van der Waals surface area contributed by atoms with Crippen LogP contribution in [-0.2, 0) is 0 Å². The number of hydrogen-bond donors (Lipinski definition) is 0. The Kier molecular flexibility index (Phi) is 5.95. The maximum atomic E-state index is 3.82.